The Morgan fingerprint density at radius 1 is 1.54 bits per heavy atom. The lowest BCUT2D eigenvalue weighted by molar-refractivity contribution is 0.470. The third kappa shape index (κ3) is 2.49. The number of likely N-dealkylation sites (N-methyl/N-ethyl adjacent to an activating group) is 1. The predicted molar refractivity (Wildman–Crippen MR) is 53.6 cm³/mol. The fourth-order valence-corrected chi connectivity index (χ4v) is 1.53. The first-order valence-corrected chi connectivity index (χ1v) is 4.74. The number of hydrogen-bond acceptors (Lipinski definition) is 3. The molecule has 72 valence electrons. The van der Waals surface area contributed by atoms with Crippen molar-refractivity contribution in [3.63, 3.8) is 0 Å². The van der Waals surface area contributed by atoms with Crippen molar-refractivity contribution in [2.45, 2.75) is 32.2 Å². The lowest BCUT2D eigenvalue weighted by Crippen LogP contribution is -2.29. The molecular formula is C10H17N3. The maximum absolute atomic E-state index is 4.13. The molecule has 1 heterocycles. The molecule has 13 heavy (non-hydrogen) atoms. The Morgan fingerprint density at radius 3 is 2.77 bits per heavy atom. The molecule has 0 spiro atoms. The summed E-state index contributed by atoms with van der Waals surface area (Å²) in [4.78, 5) is 0. The van der Waals surface area contributed by atoms with Gasteiger partial charge in [0.25, 0.3) is 0 Å². The summed E-state index contributed by atoms with van der Waals surface area (Å²) >= 11 is 0. The highest BCUT2D eigenvalue weighted by atomic mass is 15.1. The van der Waals surface area contributed by atoms with Gasteiger partial charge in [-0.1, -0.05) is 6.92 Å². The van der Waals surface area contributed by atoms with Crippen molar-refractivity contribution in [3.8, 4) is 0 Å². The number of nitrogens with one attached hydrogen (secondary N) is 1. The lowest BCUT2D eigenvalue weighted by atomic mass is 9.94. The Morgan fingerprint density at radius 2 is 2.31 bits per heavy atom. The van der Waals surface area contributed by atoms with E-state index in [1.807, 2.05) is 19.2 Å². The van der Waals surface area contributed by atoms with E-state index in [1.54, 1.807) is 6.20 Å². The third-order valence-electron chi connectivity index (χ3n) is 2.47. The smallest absolute Gasteiger partial charge is 0.0677 e. The molecule has 0 aliphatic heterocycles. The highest BCUT2D eigenvalue weighted by Gasteiger charge is 2.16. The molecule has 0 aliphatic rings. The van der Waals surface area contributed by atoms with E-state index in [2.05, 4.69) is 29.4 Å². The second kappa shape index (κ2) is 4.92. The lowest BCUT2D eigenvalue weighted by Gasteiger charge is -2.20. The van der Waals surface area contributed by atoms with Gasteiger partial charge in [0.05, 0.1) is 5.69 Å². The predicted octanol–water partition coefficient (Wildman–Crippen LogP) is 1.58. The van der Waals surface area contributed by atoms with Crippen LogP contribution in [-0.4, -0.2) is 23.3 Å². The Bertz CT molecular complexity index is 235. The zero-order chi connectivity index (χ0) is 9.68. The largest absolute Gasteiger partial charge is 0.317 e. The van der Waals surface area contributed by atoms with Crippen LogP contribution in [0.4, 0.5) is 0 Å². The quantitative estimate of drug-likeness (QED) is 0.762. The van der Waals surface area contributed by atoms with Crippen molar-refractivity contribution in [1.29, 1.82) is 0 Å². The van der Waals surface area contributed by atoms with Gasteiger partial charge >= 0.3 is 0 Å². The molecule has 0 bridgehead atoms. The van der Waals surface area contributed by atoms with Gasteiger partial charge in [-0.05, 0) is 32.5 Å². The van der Waals surface area contributed by atoms with Crippen LogP contribution >= 0.6 is 0 Å². The van der Waals surface area contributed by atoms with Gasteiger partial charge in [0, 0.05) is 18.2 Å². The average molecular weight is 179 g/mol. The molecule has 0 fully saturated rings. The maximum Gasteiger partial charge on any atom is 0.0677 e. The number of nitrogens with zero attached hydrogens (tertiary/aromatic N) is 2. The normalized spacial score (nSPS) is 15.3. The van der Waals surface area contributed by atoms with Crippen molar-refractivity contribution in [3.05, 3.63) is 24.0 Å². The standard InChI is InChI=1S/C10H17N3/c1-4-9(8(2)11-3)10-6-5-7-12-13-10/h5-9,11H,4H2,1-3H3. The molecule has 0 aliphatic carbocycles. The molecule has 2 atom stereocenters. The molecule has 3 heteroatoms. The van der Waals surface area contributed by atoms with E-state index in [0.29, 0.717) is 12.0 Å². The highest BCUT2D eigenvalue weighted by Crippen LogP contribution is 2.19. The average Bonchev–Trinajstić information content (AvgIpc) is 2.20. The summed E-state index contributed by atoms with van der Waals surface area (Å²) in [6, 6.07) is 4.42. The minimum atomic E-state index is 0.446. The Kier molecular flexibility index (Phi) is 3.83. The minimum Gasteiger partial charge on any atom is -0.317 e. The molecule has 3 nitrogen and oxygen atoms in total. The van der Waals surface area contributed by atoms with E-state index in [1.165, 1.54) is 0 Å². The van der Waals surface area contributed by atoms with Gasteiger partial charge in [-0.3, -0.25) is 0 Å². The molecule has 0 saturated carbocycles. The van der Waals surface area contributed by atoms with Gasteiger partial charge in [0.1, 0.15) is 0 Å². The van der Waals surface area contributed by atoms with Crippen LogP contribution in [0.25, 0.3) is 0 Å². The van der Waals surface area contributed by atoms with Crippen molar-refractivity contribution >= 4 is 0 Å². The number of aromatic nitrogens is 2. The van der Waals surface area contributed by atoms with Crippen LogP contribution in [0, 0.1) is 0 Å². The van der Waals surface area contributed by atoms with Crippen LogP contribution in [0.15, 0.2) is 18.3 Å². The van der Waals surface area contributed by atoms with Crippen LogP contribution in [-0.2, 0) is 0 Å². The zero-order valence-corrected chi connectivity index (χ0v) is 8.49. The highest BCUT2D eigenvalue weighted by molar-refractivity contribution is 5.08. The topological polar surface area (TPSA) is 37.8 Å². The van der Waals surface area contributed by atoms with Gasteiger partial charge < -0.3 is 5.32 Å². The summed E-state index contributed by atoms with van der Waals surface area (Å²) in [5.74, 6) is 0.457. The van der Waals surface area contributed by atoms with Crippen LogP contribution < -0.4 is 5.32 Å². The Labute approximate surface area is 79.6 Å². The summed E-state index contributed by atoms with van der Waals surface area (Å²) in [7, 11) is 1.98. The summed E-state index contributed by atoms with van der Waals surface area (Å²) in [6.45, 7) is 4.34. The van der Waals surface area contributed by atoms with Crippen molar-refractivity contribution in [1.82, 2.24) is 15.5 Å². The second-order valence-corrected chi connectivity index (χ2v) is 3.24. The first-order chi connectivity index (χ1) is 6.29. The molecule has 1 aromatic rings. The van der Waals surface area contributed by atoms with E-state index in [-0.39, 0.29) is 0 Å². The number of hydrogen-bond donors (Lipinski definition) is 1. The van der Waals surface area contributed by atoms with Crippen LogP contribution in [0.5, 0.6) is 0 Å². The van der Waals surface area contributed by atoms with E-state index in [4.69, 9.17) is 0 Å². The van der Waals surface area contributed by atoms with Crippen molar-refractivity contribution < 1.29 is 0 Å². The van der Waals surface area contributed by atoms with Gasteiger partial charge in [-0.15, -0.1) is 0 Å². The molecule has 1 aromatic heterocycles. The van der Waals surface area contributed by atoms with Crippen LogP contribution in [0.3, 0.4) is 0 Å². The summed E-state index contributed by atoms with van der Waals surface area (Å²) in [5.41, 5.74) is 1.08. The van der Waals surface area contributed by atoms with Crippen LogP contribution in [0.1, 0.15) is 31.9 Å². The fraction of sp³-hybridized carbons (Fsp3) is 0.600. The first-order valence-electron chi connectivity index (χ1n) is 4.74. The monoisotopic (exact) mass is 179 g/mol. The zero-order valence-electron chi connectivity index (χ0n) is 8.49. The third-order valence-corrected chi connectivity index (χ3v) is 2.47. The molecule has 1 N–H and O–H groups in total. The molecular weight excluding hydrogens is 162 g/mol. The molecule has 2 unspecified atom stereocenters. The summed E-state index contributed by atoms with van der Waals surface area (Å²) in [6.07, 6.45) is 2.79. The maximum atomic E-state index is 4.13. The summed E-state index contributed by atoms with van der Waals surface area (Å²) in [5, 5.41) is 11.3. The van der Waals surface area contributed by atoms with Gasteiger partial charge in [0.2, 0.25) is 0 Å². The molecule has 0 saturated heterocycles. The Balaban J connectivity index is 2.78. The number of rotatable bonds is 4. The molecule has 0 radical (unpaired) electrons. The molecule has 1 rings (SSSR count). The van der Waals surface area contributed by atoms with Crippen molar-refractivity contribution in [2.75, 3.05) is 7.05 Å². The van der Waals surface area contributed by atoms with E-state index in [0.717, 1.165) is 12.1 Å². The minimum absolute atomic E-state index is 0.446. The van der Waals surface area contributed by atoms with E-state index < -0.39 is 0 Å². The van der Waals surface area contributed by atoms with E-state index >= 15 is 0 Å². The molecule has 0 amide bonds. The van der Waals surface area contributed by atoms with Gasteiger partial charge in [0.15, 0.2) is 0 Å². The first kappa shape index (κ1) is 10.1. The summed E-state index contributed by atoms with van der Waals surface area (Å²) < 4.78 is 0. The van der Waals surface area contributed by atoms with Crippen molar-refractivity contribution in [2.24, 2.45) is 0 Å². The van der Waals surface area contributed by atoms with Crippen LogP contribution in [0.2, 0.25) is 0 Å². The SMILES string of the molecule is CCC(c1cccnn1)C(C)NC. The Hall–Kier alpha value is -0.960. The fourth-order valence-electron chi connectivity index (χ4n) is 1.53. The van der Waals surface area contributed by atoms with Gasteiger partial charge in [-0.2, -0.15) is 10.2 Å². The second-order valence-electron chi connectivity index (χ2n) is 3.24. The van der Waals surface area contributed by atoms with Gasteiger partial charge in [-0.25, -0.2) is 0 Å². The molecule has 0 aromatic carbocycles. The van der Waals surface area contributed by atoms with E-state index in [9.17, 15) is 0 Å².